The predicted octanol–water partition coefficient (Wildman–Crippen LogP) is -0.0948. The van der Waals surface area contributed by atoms with E-state index in [1.54, 1.807) is 0 Å². The first-order valence-corrected chi connectivity index (χ1v) is 3.73. The zero-order chi connectivity index (χ0) is 9.94. The standard InChI is InChI=1S/C8H12O5/c1-2-8(10)13-6-5-11-3-4-12-7-9/h2,7H,1,3-6H2. The number of ether oxygens (including phenoxy) is 3. The van der Waals surface area contributed by atoms with Gasteiger partial charge in [0.15, 0.2) is 0 Å². The molecule has 0 atom stereocenters. The maximum Gasteiger partial charge on any atom is 0.330 e. The third kappa shape index (κ3) is 8.55. The molecule has 5 nitrogen and oxygen atoms in total. The third-order valence-electron chi connectivity index (χ3n) is 1.05. The van der Waals surface area contributed by atoms with Crippen molar-refractivity contribution in [3.05, 3.63) is 12.7 Å². The Hall–Kier alpha value is -1.36. The maximum absolute atomic E-state index is 10.5. The fourth-order valence-electron chi connectivity index (χ4n) is 0.517. The molecule has 0 saturated carbocycles. The Morgan fingerprint density at radius 1 is 1.23 bits per heavy atom. The normalized spacial score (nSPS) is 8.92. The lowest BCUT2D eigenvalue weighted by Gasteiger charge is -2.03. The molecule has 0 N–H and O–H groups in total. The lowest BCUT2D eigenvalue weighted by molar-refractivity contribution is -0.139. The lowest BCUT2D eigenvalue weighted by Crippen LogP contribution is -2.11. The number of carbonyl (C=O) groups is 2. The van der Waals surface area contributed by atoms with Crippen molar-refractivity contribution in [1.29, 1.82) is 0 Å². The van der Waals surface area contributed by atoms with Gasteiger partial charge in [-0.3, -0.25) is 4.79 Å². The predicted molar refractivity (Wildman–Crippen MR) is 44.0 cm³/mol. The van der Waals surface area contributed by atoms with Crippen molar-refractivity contribution in [3.8, 4) is 0 Å². The first-order valence-electron chi connectivity index (χ1n) is 3.73. The summed E-state index contributed by atoms with van der Waals surface area (Å²) in [5.41, 5.74) is 0. The van der Waals surface area contributed by atoms with Crippen LogP contribution in [-0.2, 0) is 23.8 Å². The molecule has 0 rings (SSSR count). The molecule has 5 heteroatoms. The highest BCUT2D eigenvalue weighted by Gasteiger charge is 1.94. The van der Waals surface area contributed by atoms with Gasteiger partial charge in [0, 0.05) is 6.08 Å². The molecule has 0 aliphatic carbocycles. The second-order valence-corrected chi connectivity index (χ2v) is 1.95. The van der Waals surface area contributed by atoms with E-state index in [2.05, 4.69) is 16.1 Å². The minimum absolute atomic E-state index is 0.173. The van der Waals surface area contributed by atoms with E-state index >= 15 is 0 Å². The summed E-state index contributed by atoms with van der Waals surface area (Å²) in [5.74, 6) is -0.479. The molecule has 74 valence electrons. The number of esters is 1. The van der Waals surface area contributed by atoms with E-state index in [9.17, 15) is 9.59 Å². The van der Waals surface area contributed by atoms with Gasteiger partial charge in [-0.2, -0.15) is 0 Å². The van der Waals surface area contributed by atoms with Gasteiger partial charge < -0.3 is 14.2 Å². The number of hydrogen-bond donors (Lipinski definition) is 0. The fourth-order valence-corrected chi connectivity index (χ4v) is 0.517. The molecule has 0 amide bonds. The van der Waals surface area contributed by atoms with Crippen molar-refractivity contribution in [2.75, 3.05) is 26.4 Å². The summed E-state index contributed by atoms with van der Waals surface area (Å²) in [4.78, 5) is 20.1. The summed E-state index contributed by atoms with van der Waals surface area (Å²) in [7, 11) is 0. The van der Waals surface area contributed by atoms with Crippen LogP contribution in [0.4, 0.5) is 0 Å². The molecule has 13 heavy (non-hydrogen) atoms. The first kappa shape index (κ1) is 11.6. The minimum Gasteiger partial charge on any atom is -0.465 e. The van der Waals surface area contributed by atoms with Crippen LogP contribution in [0.2, 0.25) is 0 Å². The van der Waals surface area contributed by atoms with Gasteiger partial charge in [0.1, 0.15) is 13.2 Å². The van der Waals surface area contributed by atoms with Crippen LogP contribution in [-0.4, -0.2) is 38.9 Å². The maximum atomic E-state index is 10.5. The highest BCUT2D eigenvalue weighted by atomic mass is 16.6. The molecule has 0 aromatic rings. The van der Waals surface area contributed by atoms with Crippen LogP contribution in [0.5, 0.6) is 0 Å². The average Bonchev–Trinajstić information content (AvgIpc) is 2.16. The molecule has 0 fully saturated rings. The zero-order valence-electron chi connectivity index (χ0n) is 7.23. The highest BCUT2D eigenvalue weighted by molar-refractivity contribution is 5.81. The Balaban J connectivity index is 3.03. The van der Waals surface area contributed by atoms with Crippen LogP contribution in [0.3, 0.4) is 0 Å². The molecule has 0 saturated heterocycles. The van der Waals surface area contributed by atoms with Crippen LogP contribution in [0.15, 0.2) is 12.7 Å². The second-order valence-electron chi connectivity index (χ2n) is 1.95. The Morgan fingerprint density at radius 2 is 1.92 bits per heavy atom. The molecular weight excluding hydrogens is 176 g/mol. The van der Waals surface area contributed by atoms with Crippen molar-refractivity contribution in [2.45, 2.75) is 0 Å². The molecule has 0 aromatic carbocycles. The Bertz CT molecular complexity index is 166. The lowest BCUT2D eigenvalue weighted by atomic mass is 10.6. The van der Waals surface area contributed by atoms with Crippen molar-refractivity contribution in [3.63, 3.8) is 0 Å². The smallest absolute Gasteiger partial charge is 0.330 e. The summed E-state index contributed by atoms with van der Waals surface area (Å²) in [6, 6.07) is 0. The Labute approximate surface area is 76.3 Å². The largest absolute Gasteiger partial charge is 0.465 e. The van der Waals surface area contributed by atoms with E-state index in [1.807, 2.05) is 0 Å². The monoisotopic (exact) mass is 188 g/mol. The van der Waals surface area contributed by atoms with Crippen LogP contribution in [0.1, 0.15) is 0 Å². The van der Waals surface area contributed by atoms with Gasteiger partial charge in [0.25, 0.3) is 6.47 Å². The quantitative estimate of drug-likeness (QED) is 0.230. The molecule has 0 heterocycles. The number of rotatable bonds is 8. The van der Waals surface area contributed by atoms with E-state index in [0.717, 1.165) is 6.08 Å². The minimum atomic E-state index is -0.479. The van der Waals surface area contributed by atoms with Crippen LogP contribution >= 0.6 is 0 Å². The molecule has 0 unspecified atom stereocenters. The SMILES string of the molecule is C=CC(=O)OCCOCCOC=O. The van der Waals surface area contributed by atoms with Crippen molar-refractivity contribution in [2.24, 2.45) is 0 Å². The second kappa shape index (κ2) is 8.73. The molecular formula is C8H12O5. The van der Waals surface area contributed by atoms with Gasteiger partial charge in [-0.05, 0) is 0 Å². The Kier molecular flexibility index (Phi) is 7.82. The van der Waals surface area contributed by atoms with Crippen molar-refractivity contribution in [1.82, 2.24) is 0 Å². The first-order chi connectivity index (χ1) is 6.31. The summed E-state index contributed by atoms with van der Waals surface area (Å²) in [6.07, 6.45) is 1.08. The molecule has 0 spiro atoms. The van der Waals surface area contributed by atoms with Gasteiger partial charge in [-0.1, -0.05) is 6.58 Å². The fraction of sp³-hybridized carbons (Fsp3) is 0.500. The van der Waals surface area contributed by atoms with Crippen molar-refractivity contribution < 1.29 is 23.8 Å². The summed E-state index contributed by atoms with van der Waals surface area (Å²) in [5, 5.41) is 0. The van der Waals surface area contributed by atoms with Gasteiger partial charge in [0.05, 0.1) is 13.2 Å². The van der Waals surface area contributed by atoms with Crippen LogP contribution in [0.25, 0.3) is 0 Å². The van der Waals surface area contributed by atoms with Gasteiger partial charge >= 0.3 is 5.97 Å². The summed E-state index contributed by atoms with van der Waals surface area (Å²) in [6.45, 7) is 4.53. The molecule has 0 radical (unpaired) electrons. The zero-order valence-corrected chi connectivity index (χ0v) is 7.23. The van der Waals surface area contributed by atoms with E-state index in [-0.39, 0.29) is 19.8 Å². The molecule has 0 aliphatic heterocycles. The van der Waals surface area contributed by atoms with Crippen molar-refractivity contribution >= 4 is 12.4 Å². The van der Waals surface area contributed by atoms with E-state index in [4.69, 9.17) is 4.74 Å². The van der Waals surface area contributed by atoms with E-state index in [0.29, 0.717) is 13.1 Å². The van der Waals surface area contributed by atoms with E-state index < -0.39 is 5.97 Å². The van der Waals surface area contributed by atoms with Gasteiger partial charge in [-0.25, -0.2) is 4.79 Å². The topological polar surface area (TPSA) is 61.8 Å². The number of carbonyl (C=O) groups excluding carboxylic acids is 2. The third-order valence-corrected chi connectivity index (χ3v) is 1.05. The van der Waals surface area contributed by atoms with Crippen LogP contribution < -0.4 is 0 Å². The molecule has 0 bridgehead atoms. The van der Waals surface area contributed by atoms with E-state index in [1.165, 1.54) is 0 Å². The Morgan fingerprint density at radius 3 is 2.54 bits per heavy atom. The summed E-state index contributed by atoms with van der Waals surface area (Å²) >= 11 is 0. The van der Waals surface area contributed by atoms with Gasteiger partial charge in [-0.15, -0.1) is 0 Å². The summed E-state index contributed by atoms with van der Waals surface area (Å²) < 4.78 is 13.9. The number of hydrogen-bond acceptors (Lipinski definition) is 5. The van der Waals surface area contributed by atoms with Crippen LogP contribution in [0, 0.1) is 0 Å². The highest BCUT2D eigenvalue weighted by Crippen LogP contribution is 1.81. The van der Waals surface area contributed by atoms with Gasteiger partial charge in [0.2, 0.25) is 0 Å². The molecule has 0 aromatic heterocycles. The average molecular weight is 188 g/mol. The molecule has 0 aliphatic rings.